The van der Waals surface area contributed by atoms with Crippen molar-refractivity contribution in [3.05, 3.63) is 95.3 Å². The number of carbonyl (C=O) groups excluding carboxylic acids is 1. The summed E-state index contributed by atoms with van der Waals surface area (Å²) in [6, 6.07) is 20.9. The molecule has 0 amide bonds. The number of hydrogen-bond acceptors (Lipinski definition) is 5. The molecule has 0 bridgehead atoms. The Bertz CT molecular complexity index is 1860. The second-order valence-corrected chi connectivity index (χ2v) is 15.1. The van der Waals surface area contributed by atoms with Crippen LogP contribution < -0.4 is 0 Å². The van der Waals surface area contributed by atoms with Crippen LogP contribution in [0.5, 0.6) is 0 Å². The van der Waals surface area contributed by atoms with Crippen LogP contribution in [0.15, 0.2) is 78.1 Å². The Morgan fingerprint density at radius 1 is 0.918 bits per heavy atom. The van der Waals surface area contributed by atoms with Gasteiger partial charge in [-0.05, 0) is 77.6 Å². The fourth-order valence-corrected chi connectivity index (χ4v) is 7.32. The van der Waals surface area contributed by atoms with Gasteiger partial charge in [0, 0.05) is 61.5 Å². The topological polar surface area (TPSA) is 63.1 Å². The van der Waals surface area contributed by atoms with Crippen LogP contribution in [0.25, 0.3) is 43.4 Å². The van der Waals surface area contributed by atoms with Gasteiger partial charge in [-0.2, -0.15) is 0 Å². The van der Waals surface area contributed by atoms with Crippen molar-refractivity contribution < 1.29 is 30.0 Å². The van der Waals surface area contributed by atoms with E-state index in [1.807, 2.05) is 40.1 Å². The molecule has 3 heterocycles. The fraction of sp³-hybridized carbons (Fsp3) is 0.419. The third-order valence-corrected chi connectivity index (χ3v) is 10.1. The first-order valence-electron chi connectivity index (χ1n) is 17.6. The molecule has 6 heteroatoms. The number of hydrogen-bond donors (Lipinski definition) is 1. The fourth-order valence-electron chi connectivity index (χ4n) is 6.37. The average Bonchev–Trinajstić information content (AvgIpc) is 3.47. The number of allylic oxidation sites excluding steroid dienone is 2. The Morgan fingerprint density at radius 3 is 2.20 bits per heavy atom. The van der Waals surface area contributed by atoms with Crippen LogP contribution in [-0.4, -0.2) is 20.9 Å². The molecule has 0 saturated heterocycles. The number of benzene rings is 2. The SMILES string of the molecule is CC(C)Cc1csc2nccc(-c3ccnc(-c4[c-]c5ccccc5c(C(C)(C)C)c4)c3)c12.CCC(CC)C(=O)/C=C(\O)C(CC)CC.[Ir]. The molecule has 0 saturated carbocycles. The van der Waals surface area contributed by atoms with E-state index in [1.54, 1.807) is 11.3 Å². The number of carbonyl (C=O) groups is 1. The minimum Gasteiger partial charge on any atom is -0.512 e. The molecule has 5 rings (SSSR count). The minimum atomic E-state index is 0. The first-order chi connectivity index (χ1) is 22.9. The van der Waals surface area contributed by atoms with Gasteiger partial charge in [-0.25, -0.2) is 4.98 Å². The molecule has 263 valence electrons. The summed E-state index contributed by atoms with van der Waals surface area (Å²) in [4.78, 5) is 22.2. The molecule has 0 aliphatic heterocycles. The summed E-state index contributed by atoms with van der Waals surface area (Å²) in [5.74, 6) is 1.15. The van der Waals surface area contributed by atoms with Crippen molar-refractivity contribution in [2.75, 3.05) is 0 Å². The largest absolute Gasteiger partial charge is 0.512 e. The van der Waals surface area contributed by atoms with E-state index >= 15 is 0 Å². The van der Waals surface area contributed by atoms with Gasteiger partial charge in [-0.1, -0.05) is 97.5 Å². The Morgan fingerprint density at radius 2 is 1.57 bits per heavy atom. The summed E-state index contributed by atoms with van der Waals surface area (Å²) >= 11 is 1.74. The summed E-state index contributed by atoms with van der Waals surface area (Å²) in [7, 11) is 0. The van der Waals surface area contributed by atoms with Crippen molar-refractivity contribution in [3.63, 3.8) is 0 Å². The predicted molar refractivity (Wildman–Crippen MR) is 206 cm³/mol. The van der Waals surface area contributed by atoms with Crippen molar-refractivity contribution in [1.29, 1.82) is 0 Å². The number of aliphatic hydroxyl groups is 1. The molecule has 0 fully saturated rings. The van der Waals surface area contributed by atoms with Gasteiger partial charge >= 0.3 is 0 Å². The third kappa shape index (κ3) is 9.96. The van der Waals surface area contributed by atoms with Gasteiger partial charge in [0.05, 0.1) is 5.76 Å². The Kier molecular flexibility index (Phi) is 14.9. The van der Waals surface area contributed by atoms with Crippen LogP contribution >= 0.6 is 11.3 Å². The van der Waals surface area contributed by atoms with Crippen molar-refractivity contribution in [1.82, 2.24) is 9.97 Å². The Labute approximate surface area is 311 Å². The maximum atomic E-state index is 11.7. The summed E-state index contributed by atoms with van der Waals surface area (Å²) in [6.07, 6.45) is 9.81. The monoisotopic (exact) mass is 854 g/mol. The van der Waals surface area contributed by atoms with Crippen LogP contribution in [0.3, 0.4) is 0 Å². The number of fused-ring (bicyclic) bond motifs is 2. The molecule has 5 aromatic rings. The first kappa shape index (κ1) is 40.3. The third-order valence-electron chi connectivity index (χ3n) is 9.19. The van der Waals surface area contributed by atoms with Gasteiger partial charge in [0.25, 0.3) is 0 Å². The van der Waals surface area contributed by atoms with Crippen LogP contribution in [0.4, 0.5) is 0 Å². The number of thiophene rings is 1. The summed E-state index contributed by atoms with van der Waals surface area (Å²) in [6.45, 7) is 19.4. The molecule has 0 atom stereocenters. The maximum Gasteiger partial charge on any atom is 0.162 e. The summed E-state index contributed by atoms with van der Waals surface area (Å²) in [5.41, 5.74) is 7.14. The van der Waals surface area contributed by atoms with Crippen molar-refractivity contribution in [3.8, 4) is 22.4 Å². The van der Waals surface area contributed by atoms with E-state index in [9.17, 15) is 9.90 Å². The van der Waals surface area contributed by atoms with E-state index in [2.05, 4.69) is 99.6 Å². The zero-order valence-corrected chi connectivity index (χ0v) is 33.9. The number of ketones is 1. The van der Waals surface area contributed by atoms with Crippen LogP contribution in [0.2, 0.25) is 0 Å². The number of rotatable bonds is 11. The van der Waals surface area contributed by atoms with Crippen molar-refractivity contribution >= 4 is 38.1 Å². The molecule has 1 radical (unpaired) electrons. The standard InChI is InChI=1S/C30H29N2S.C13H24O2.Ir/c1-19(2)14-23-18-33-29-28(23)25(11-13-32-29)21-10-12-31-27(17-21)22-15-20-8-6-7-9-24(20)26(16-22)30(3,4)5;1-5-10(6-2)12(14)9-13(15)11(7-3)8-4;/h6-13,16-19H,14H2,1-5H3;9-11,14H,5-8H2,1-4H3;/q-1;;/b;12-9-;. The number of aliphatic hydroxyl groups excluding tert-OH is 1. The molecule has 1 N–H and O–H groups in total. The molecule has 0 spiro atoms. The Balaban J connectivity index is 0.000000347. The van der Waals surface area contributed by atoms with E-state index in [4.69, 9.17) is 4.98 Å². The molecule has 0 unspecified atom stereocenters. The molecule has 2 aromatic carbocycles. The zero-order chi connectivity index (χ0) is 35.0. The van der Waals surface area contributed by atoms with Crippen LogP contribution in [0.1, 0.15) is 99.1 Å². The smallest absolute Gasteiger partial charge is 0.162 e. The summed E-state index contributed by atoms with van der Waals surface area (Å²) in [5, 5.41) is 15.7. The quantitative estimate of drug-likeness (QED) is 0.0817. The van der Waals surface area contributed by atoms with Gasteiger partial charge in [-0.15, -0.1) is 40.5 Å². The zero-order valence-electron chi connectivity index (χ0n) is 30.7. The van der Waals surface area contributed by atoms with Gasteiger partial charge < -0.3 is 5.11 Å². The van der Waals surface area contributed by atoms with Gasteiger partial charge in [0.2, 0.25) is 0 Å². The van der Waals surface area contributed by atoms with E-state index in [1.165, 1.54) is 39.1 Å². The molecule has 3 aromatic heterocycles. The van der Waals surface area contributed by atoms with Crippen LogP contribution in [-0.2, 0) is 36.7 Å². The van der Waals surface area contributed by atoms with Gasteiger partial charge in [0.1, 0.15) is 4.83 Å². The molecule has 0 aliphatic rings. The van der Waals surface area contributed by atoms with E-state index in [-0.39, 0.29) is 48.9 Å². The van der Waals surface area contributed by atoms with Crippen molar-refractivity contribution in [2.24, 2.45) is 17.8 Å². The van der Waals surface area contributed by atoms with Crippen LogP contribution in [0, 0.1) is 23.8 Å². The first-order valence-corrected chi connectivity index (χ1v) is 18.5. The van der Waals surface area contributed by atoms with E-state index in [0.717, 1.165) is 53.6 Å². The molecule has 0 aliphatic carbocycles. The molecule has 4 nitrogen and oxygen atoms in total. The number of nitrogens with zero attached hydrogens (tertiary/aromatic N) is 2. The predicted octanol–water partition coefficient (Wildman–Crippen LogP) is 12.3. The molecule has 49 heavy (non-hydrogen) atoms. The number of aromatic nitrogens is 2. The normalized spacial score (nSPS) is 12.0. The second kappa shape index (κ2) is 18.2. The average molecular weight is 854 g/mol. The minimum absolute atomic E-state index is 0. The van der Waals surface area contributed by atoms with E-state index < -0.39 is 0 Å². The molecular formula is C43H53IrN2O2S-. The number of pyridine rings is 2. The second-order valence-electron chi connectivity index (χ2n) is 14.2. The molecular weight excluding hydrogens is 801 g/mol. The van der Waals surface area contributed by atoms with Gasteiger partial charge in [-0.3, -0.25) is 9.78 Å². The maximum absolute atomic E-state index is 11.7. The van der Waals surface area contributed by atoms with E-state index in [0.29, 0.717) is 5.92 Å². The summed E-state index contributed by atoms with van der Waals surface area (Å²) < 4.78 is 0. The Hall–Kier alpha value is -3.18. The van der Waals surface area contributed by atoms with Crippen molar-refractivity contribution in [2.45, 2.75) is 99.8 Å². The van der Waals surface area contributed by atoms with Gasteiger partial charge in [0.15, 0.2) is 5.78 Å².